The quantitative estimate of drug-likeness (QED) is 0.728. The summed E-state index contributed by atoms with van der Waals surface area (Å²) in [6, 6.07) is 0. The fourth-order valence-electron chi connectivity index (χ4n) is 7.39. The van der Waals surface area contributed by atoms with Crippen molar-refractivity contribution in [2.75, 3.05) is 0 Å². The van der Waals surface area contributed by atoms with Gasteiger partial charge in [0, 0.05) is 11.8 Å². The number of hydrogen-bond acceptors (Lipinski definition) is 2. The summed E-state index contributed by atoms with van der Waals surface area (Å²) < 4.78 is 0. The van der Waals surface area contributed by atoms with Crippen LogP contribution in [0.1, 0.15) is 72.1 Å². The molecule has 0 aromatic heterocycles. The van der Waals surface area contributed by atoms with Crippen LogP contribution in [0, 0.1) is 40.4 Å². The lowest BCUT2D eigenvalue weighted by Gasteiger charge is -2.62. The van der Waals surface area contributed by atoms with Crippen LogP contribution >= 0.6 is 0 Å². The van der Waals surface area contributed by atoms with E-state index in [0.717, 1.165) is 49.9 Å². The van der Waals surface area contributed by atoms with E-state index in [4.69, 9.17) is 0 Å². The van der Waals surface area contributed by atoms with Crippen LogP contribution < -0.4 is 0 Å². The van der Waals surface area contributed by atoms with E-state index >= 15 is 0 Å². The standard InChI is InChI=1S/C20H32O2/c1-12-10-13-11-14(21)6-8-19(13,2)16-7-9-20(3)15(18(12)16)4-5-17(20)22/h12-16,18,21H,4-11H2,1-3H3/t12-,13-,14+,15+,16+,18+,19+,20+/m1/s1. The molecular formula is C20H32O2. The zero-order chi connectivity index (χ0) is 15.7. The first kappa shape index (κ1) is 15.2. The number of aliphatic hydroxyl groups is 1. The molecule has 0 aliphatic heterocycles. The van der Waals surface area contributed by atoms with Gasteiger partial charge in [-0.1, -0.05) is 20.8 Å². The number of carbonyl (C=O) groups is 1. The molecule has 4 rings (SSSR count). The number of fused-ring (bicyclic) bond motifs is 5. The van der Waals surface area contributed by atoms with E-state index in [0.29, 0.717) is 23.0 Å². The summed E-state index contributed by atoms with van der Waals surface area (Å²) >= 11 is 0. The van der Waals surface area contributed by atoms with Crippen LogP contribution in [0.15, 0.2) is 0 Å². The van der Waals surface area contributed by atoms with Gasteiger partial charge in [0.1, 0.15) is 5.78 Å². The largest absolute Gasteiger partial charge is 0.393 e. The smallest absolute Gasteiger partial charge is 0.139 e. The normalized spacial score (nSPS) is 57.9. The average Bonchev–Trinajstić information content (AvgIpc) is 2.77. The van der Waals surface area contributed by atoms with E-state index in [1.807, 2.05) is 0 Å². The molecule has 0 aromatic rings. The lowest BCUT2D eigenvalue weighted by Crippen LogP contribution is -2.56. The number of ketones is 1. The molecule has 4 fully saturated rings. The zero-order valence-corrected chi connectivity index (χ0v) is 14.5. The fourth-order valence-corrected chi connectivity index (χ4v) is 7.39. The second-order valence-corrected chi connectivity index (χ2v) is 9.55. The number of carbonyl (C=O) groups excluding carboxylic acids is 1. The van der Waals surface area contributed by atoms with Crippen molar-refractivity contribution in [1.82, 2.24) is 0 Å². The molecule has 8 atom stereocenters. The molecule has 1 N–H and O–H groups in total. The summed E-state index contributed by atoms with van der Waals surface area (Å²) in [5, 5.41) is 10.1. The van der Waals surface area contributed by atoms with E-state index in [9.17, 15) is 9.90 Å². The van der Waals surface area contributed by atoms with Crippen LogP contribution in [-0.2, 0) is 4.79 Å². The van der Waals surface area contributed by atoms with Gasteiger partial charge in [-0.3, -0.25) is 4.79 Å². The lowest BCUT2D eigenvalue weighted by atomic mass is 9.43. The SMILES string of the molecule is C[C@@H]1C[C@@H]2C[C@@H](O)CC[C@]2(C)[C@H]2CC[C@]3(C)C(=O)CC[C@H]3[C@H]12. The molecule has 0 amide bonds. The predicted octanol–water partition coefficient (Wildman–Crippen LogP) is 4.21. The maximum atomic E-state index is 12.5. The van der Waals surface area contributed by atoms with Crippen LogP contribution in [0.4, 0.5) is 0 Å². The highest BCUT2D eigenvalue weighted by Crippen LogP contribution is 2.66. The molecule has 4 aliphatic rings. The van der Waals surface area contributed by atoms with Crippen molar-refractivity contribution in [2.24, 2.45) is 40.4 Å². The molecule has 124 valence electrons. The van der Waals surface area contributed by atoms with E-state index in [1.165, 1.54) is 19.3 Å². The van der Waals surface area contributed by atoms with E-state index in [2.05, 4.69) is 20.8 Å². The van der Waals surface area contributed by atoms with E-state index in [1.54, 1.807) is 0 Å². The molecular weight excluding hydrogens is 272 g/mol. The first-order valence-corrected chi connectivity index (χ1v) is 9.57. The Morgan fingerprint density at radius 1 is 1.05 bits per heavy atom. The summed E-state index contributed by atoms with van der Waals surface area (Å²) in [7, 11) is 0. The van der Waals surface area contributed by atoms with Gasteiger partial charge in [0.2, 0.25) is 0 Å². The maximum absolute atomic E-state index is 12.5. The third kappa shape index (κ3) is 1.85. The van der Waals surface area contributed by atoms with E-state index in [-0.39, 0.29) is 11.5 Å². The molecule has 0 heterocycles. The Hall–Kier alpha value is -0.370. The van der Waals surface area contributed by atoms with Gasteiger partial charge >= 0.3 is 0 Å². The van der Waals surface area contributed by atoms with Crippen LogP contribution in [0.5, 0.6) is 0 Å². The highest BCUT2D eigenvalue weighted by Gasteiger charge is 2.61. The number of rotatable bonds is 0. The summed E-state index contributed by atoms with van der Waals surface area (Å²) in [4.78, 5) is 12.5. The van der Waals surface area contributed by atoms with Crippen molar-refractivity contribution in [2.45, 2.75) is 78.2 Å². The topological polar surface area (TPSA) is 37.3 Å². The molecule has 2 nitrogen and oxygen atoms in total. The van der Waals surface area contributed by atoms with Gasteiger partial charge in [-0.15, -0.1) is 0 Å². The Bertz CT molecular complexity index is 486. The van der Waals surface area contributed by atoms with Crippen LogP contribution in [-0.4, -0.2) is 17.0 Å². The van der Waals surface area contributed by atoms with Crippen molar-refractivity contribution < 1.29 is 9.90 Å². The minimum Gasteiger partial charge on any atom is -0.393 e. The van der Waals surface area contributed by atoms with E-state index < -0.39 is 0 Å². The molecule has 2 heteroatoms. The van der Waals surface area contributed by atoms with Crippen molar-refractivity contribution in [3.8, 4) is 0 Å². The molecule has 0 aromatic carbocycles. The van der Waals surface area contributed by atoms with Gasteiger partial charge in [0.05, 0.1) is 6.10 Å². The molecule has 0 bridgehead atoms. The zero-order valence-electron chi connectivity index (χ0n) is 14.5. The Labute approximate surface area is 135 Å². The predicted molar refractivity (Wildman–Crippen MR) is 87.3 cm³/mol. The maximum Gasteiger partial charge on any atom is 0.139 e. The van der Waals surface area contributed by atoms with Crippen molar-refractivity contribution >= 4 is 5.78 Å². The average molecular weight is 304 g/mol. The monoisotopic (exact) mass is 304 g/mol. The molecule has 0 saturated heterocycles. The molecule has 0 radical (unpaired) electrons. The molecule has 0 unspecified atom stereocenters. The first-order chi connectivity index (χ1) is 10.4. The van der Waals surface area contributed by atoms with Crippen molar-refractivity contribution in [3.05, 3.63) is 0 Å². The summed E-state index contributed by atoms with van der Waals surface area (Å²) in [5.41, 5.74) is 0.413. The third-order valence-electron chi connectivity index (χ3n) is 8.71. The molecule has 4 saturated carbocycles. The van der Waals surface area contributed by atoms with Gasteiger partial charge in [0.15, 0.2) is 0 Å². The van der Waals surface area contributed by atoms with Gasteiger partial charge in [-0.25, -0.2) is 0 Å². The lowest BCUT2D eigenvalue weighted by molar-refractivity contribution is -0.153. The van der Waals surface area contributed by atoms with Gasteiger partial charge < -0.3 is 5.11 Å². The highest BCUT2D eigenvalue weighted by atomic mass is 16.3. The number of aliphatic hydroxyl groups excluding tert-OH is 1. The molecule has 4 aliphatic carbocycles. The third-order valence-corrected chi connectivity index (χ3v) is 8.71. The Kier molecular flexibility index (Phi) is 3.32. The minimum absolute atomic E-state index is 0.00714. The second kappa shape index (κ2) is 4.82. The Morgan fingerprint density at radius 2 is 1.82 bits per heavy atom. The number of Topliss-reactive ketones (excluding diaryl/α,β-unsaturated/α-hetero) is 1. The molecule has 22 heavy (non-hydrogen) atoms. The van der Waals surface area contributed by atoms with Crippen molar-refractivity contribution in [3.63, 3.8) is 0 Å². The first-order valence-electron chi connectivity index (χ1n) is 9.57. The molecule has 0 spiro atoms. The minimum atomic E-state index is -0.0660. The Balaban J connectivity index is 1.69. The Morgan fingerprint density at radius 3 is 2.59 bits per heavy atom. The van der Waals surface area contributed by atoms with Crippen LogP contribution in [0.2, 0.25) is 0 Å². The highest BCUT2D eigenvalue weighted by molar-refractivity contribution is 5.87. The van der Waals surface area contributed by atoms with Crippen LogP contribution in [0.25, 0.3) is 0 Å². The summed E-state index contributed by atoms with van der Waals surface area (Å²) in [5.74, 6) is 4.16. The summed E-state index contributed by atoms with van der Waals surface area (Å²) in [6.07, 6.45) is 8.76. The van der Waals surface area contributed by atoms with Gasteiger partial charge in [-0.05, 0) is 80.0 Å². The summed E-state index contributed by atoms with van der Waals surface area (Å²) in [6.45, 7) is 7.23. The fraction of sp³-hybridized carbons (Fsp3) is 0.950. The van der Waals surface area contributed by atoms with Gasteiger partial charge in [0.25, 0.3) is 0 Å². The van der Waals surface area contributed by atoms with Crippen molar-refractivity contribution in [1.29, 1.82) is 0 Å². The number of hydrogen-bond donors (Lipinski definition) is 1. The van der Waals surface area contributed by atoms with Gasteiger partial charge in [-0.2, -0.15) is 0 Å². The van der Waals surface area contributed by atoms with Crippen LogP contribution in [0.3, 0.4) is 0 Å². The second-order valence-electron chi connectivity index (χ2n) is 9.55.